The summed E-state index contributed by atoms with van der Waals surface area (Å²) in [4.78, 5) is 0. The first-order valence-corrected chi connectivity index (χ1v) is 6.99. The van der Waals surface area contributed by atoms with Crippen LogP contribution in [0.1, 0.15) is 58.8 Å². The van der Waals surface area contributed by atoms with Crippen LogP contribution in [0.3, 0.4) is 0 Å². The lowest BCUT2D eigenvalue weighted by molar-refractivity contribution is 0.0978. The zero-order valence-electron chi connectivity index (χ0n) is 10.8. The number of nitrogens with one attached hydrogen (secondary N) is 1. The summed E-state index contributed by atoms with van der Waals surface area (Å²) >= 11 is 0. The Bertz CT molecular complexity index is 227. The lowest BCUT2D eigenvalue weighted by Gasteiger charge is -2.32. The van der Waals surface area contributed by atoms with Crippen molar-refractivity contribution in [1.82, 2.24) is 5.32 Å². The molecular formula is C14H27NO. The Balaban J connectivity index is 1.74. The zero-order valence-corrected chi connectivity index (χ0v) is 10.8. The van der Waals surface area contributed by atoms with Gasteiger partial charge in [-0.05, 0) is 50.0 Å². The van der Waals surface area contributed by atoms with E-state index < -0.39 is 0 Å². The predicted octanol–water partition coefficient (Wildman–Crippen LogP) is 2.71. The fourth-order valence-electron chi connectivity index (χ4n) is 3.46. The first kappa shape index (κ1) is 12.4. The van der Waals surface area contributed by atoms with E-state index in [2.05, 4.69) is 19.2 Å². The second-order valence-corrected chi connectivity index (χ2v) is 6.53. The van der Waals surface area contributed by atoms with Crippen LogP contribution in [0.2, 0.25) is 0 Å². The van der Waals surface area contributed by atoms with Crippen LogP contribution in [0, 0.1) is 11.3 Å². The average Bonchev–Trinajstić information content (AvgIpc) is 2.55. The molecule has 2 nitrogen and oxygen atoms in total. The molecule has 0 heterocycles. The largest absolute Gasteiger partial charge is 0.393 e. The maximum Gasteiger partial charge on any atom is 0.0543 e. The summed E-state index contributed by atoms with van der Waals surface area (Å²) in [5.74, 6) is 0.708. The Morgan fingerprint density at radius 3 is 2.62 bits per heavy atom. The van der Waals surface area contributed by atoms with E-state index in [0.29, 0.717) is 17.4 Å². The van der Waals surface area contributed by atoms with Gasteiger partial charge in [-0.2, -0.15) is 0 Å². The van der Waals surface area contributed by atoms with Crippen molar-refractivity contribution in [3.63, 3.8) is 0 Å². The number of hydrogen-bond acceptors (Lipinski definition) is 2. The highest BCUT2D eigenvalue weighted by Crippen LogP contribution is 2.37. The van der Waals surface area contributed by atoms with Gasteiger partial charge in [-0.3, -0.25) is 0 Å². The van der Waals surface area contributed by atoms with Crippen LogP contribution in [-0.2, 0) is 0 Å². The summed E-state index contributed by atoms with van der Waals surface area (Å²) in [6.07, 6.45) is 8.58. The van der Waals surface area contributed by atoms with Crippen LogP contribution in [-0.4, -0.2) is 23.8 Å². The quantitative estimate of drug-likeness (QED) is 0.774. The van der Waals surface area contributed by atoms with Crippen LogP contribution in [0.5, 0.6) is 0 Å². The van der Waals surface area contributed by atoms with Gasteiger partial charge in [0.1, 0.15) is 0 Å². The molecule has 0 aromatic carbocycles. The van der Waals surface area contributed by atoms with E-state index in [1.165, 1.54) is 32.1 Å². The van der Waals surface area contributed by atoms with Crippen molar-refractivity contribution in [2.75, 3.05) is 6.54 Å². The molecular weight excluding hydrogens is 198 g/mol. The van der Waals surface area contributed by atoms with Gasteiger partial charge in [0.05, 0.1) is 6.10 Å². The van der Waals surface area contributed by atoms with Gasteiger partial charge in [-0.1, -0.05) is 26.7 Å². The third kappa shape index (κ3) is 2.98. The third-order valence-electron chi connectivity index (χ3n) is 4.67. The molecule has 0 amide bonds. The maximum absolute atomic E-state index is 9.65. The Morgan fingerprint density at radius 1 is 1.19 bits per heavy atom. The first-order chi connectivity index (χ1) is 7.58. The molecule has 0 aromatic rings. The number of hydrogen-bond donors (Lipinski definition) is 2. The summed E-state index contributed by atoms with van der Waals surface area (Å²) in [5, 5.41) is 13.4. The number of aliphatic hydroxyl groups is 1. The Labute approximate surface area is 99.8 Å². The fraction of sp³-hybridized carbons (Fsp3) is 1.00. The molecule has 0 bridgehead atoms. The summed E-state index contributed by atoms with van der Waals surface area (Å²) in [5.41, 5.74) is 0.479. The average molecular weight is 225 g/mol. The van der Waals surface area contributed by atoms with Gasteiger partial charge in [0.15, 0.2) is 0 Å². The van der Waals surface area contributed by atoms with Gasteiger partial charge >= 0.3 is 0 Å². The molecule has 3 unspecified atom stereocenters. The highest BCUT2D eigenvalue weighted by molar-refractivity contribution is 4.90. The van der Waals surface area contributed by atoms with E-state index >= 15 is 0 Å². The van der Waals surface area contributed by atoms with Gasteiger partial charge in [-0.25, -0.2) is 0 Å². The van der Waals surface area contributed by atoms with Gasteiger partial charge in [0.25, 0.3) is 0 Å². The van der Waals surface area contributed by atoms with E-state index in [-0.39, 0.29) is 6.10 Å². The standard InChI is InChI=1S/C14H27NO/c1-14(2)8-4-7-13(14)15-10-11-5-3-6-12(16)9-11/h11-13,15-16H,3-10H2,1-2H3. The lowest BCUT2D eigenvalue weighted by Crippen LogP contribution is -2.41. The van der Waals surface area contributed by atoms with Crippen molar-refractivity contribution in [3.05, 3.63) is 0 Å². The van der Waals surface area contributed by atoms with Gasteiger partial charge in [-0.15, -0.1) is 0 Å². The molecule has 2 aliphatic rings. The second-order valence-electron chi connectivity index (χ2n) is 6.53. The van der Waals surface area contributed by atoms with E-state index in [1.807, 2.05) is 0 Å². The molecule has 94 valence electrons. The molecule has 2 aliphatic carbocycles. The molecule has 2 fully saturated rings. The molecule has 0 aliphatic heterocycles. The summed E-state index contributed by atoms with van der Waals surface area (Å²) in [6, 6.07) is 0.701. The normalized spacial score (nSPS) is 38.8. The van der Waals surface area contributed by atoms with Gasteiger partial charge in [0.2, 0.25) is 0 Å². The first-order valence-electron chi connectivity index (χ1n) is 6.99. The molecule has 0 aromatic heterocycles. The SMILES string of the molecule is CC1(C)CCCC1NCC1CCCC(O)C1. The van der Waals surface area contributed by atoms with E-state index in [4.69, 9.17) is 0 Å². The van der Waals surface area contributed by atoms with Gasteiger partial charge in [0, 0.05) is 6.04 Å². The number of rotatable bonds is 3. The molecule has 2 rings (SSSR count). The predicted molar refractivity (Wildman–Crippen MR) is 67.4 cm³/mol. The van der Waals surface area contributed by atoms with Crippen LogP contribution < -0.4 is 5.32 Å². The van der Waals surface area contributed by atoms with Crippen LogP contribution in [0.25, 0.3) is 0 Å². The number of aliphatic hydroxyl groups excluding tert-OH is 1. The molecule has 3 atom stereocenters. The lowest BCUT2D eigenvalue weighted by atomic mass is 9.85. The molecule has 2 N–H and O–H groups in total. The molecule has 0 saturated heterocycles. The summed E-state index contributed by atoms with van der Waals surface area (Å²) < 4.78 is 0. The van der Waals surface area contributed by atoms with Gasteiger partial charge < -0.3 is 10.4 Å². The van der Waals surface area contributed by atoms with Crippen LogP contribution in [0.4, 0.5) is 0 Å². The monoisotopic (exact) mass is 225 g/mol. The van der Waals surface area contributed by atoms with Crippen molar-refractivity contribution in [3.8, 4) is 0 Å². The van der Waals surface area contributed by atoms with Crippen LogP contribution >= 0.6 is 0 Å². The maximum atomic E-state index is 9.65. The van der Waals surface area contributed by atoms with Crippen LogP contribution in [0.15, 0.2) is 0 Å². The minimum Gasteiger partial charge on any atom is -0.393 e. The molecule has 2 saturated carbocycles. The van der Waals surface area contributed by atoms with Crippen molar-refractivity contribution in [1.29, 1.82) is 0 Å². The third-order valence-corrected chi connectivity index (χ3v) is 4.67. The van der Waals surface area contributed by atoms with Crippen molar-refractivity contribution >= 4 is 0 Å². The zero-order chi connectivity index (χ0) is 11.6. The smallest absolute Gasteiger partial charge is 0.0543 e. The second kappa shape index (κ2) is 5.05. The van der Waals surface area contributed by atoms with Crippen molar-refractivity contribution in [2.24, 2.45) is 11.3 Å². The minimum absolute atomic E-state index is 0.0304. The Kier molecular flexibility index (Phi) is 3.91. The van der Waals surface area contributed by atoms with Crippen molar-refractivity contribution in [2.45, 2.75) is 70.9 Å². The van der Waals surface area contributed by atoms with Crippen molar-refractivity contribution < 1.29 is 5.11 Å². The topological polar surface area (TPSA) is 32.3 Å². The summed E-state index contributed by atoms with van der Waals surface area (Å²) in [6.45, 7) is 5.88. The molecule has 0 spiro atoms. The Morgan fingerprint density at radius 2 is 2.00 bits per heavy atom. The minimum atomic E-state index is -0.0304. The molecule has 16 heavy (non-hydrogen) atoms. The van der Waals surface area contributed by atoms with E-state index in [0.717, 1.165) is 19.4 Å². The fourth-order valence-corrected chi connectivity index (χ4v) is 3.46. The highest BCUT2D eigenvalue weighted by atomic mass is 16.3. The van der Waals surface area contributed by atoms with E-state index in [1.54, 1.807) is 0 Å². The highest BCUT2D eigenvalue weighted by Gasteiger charge is 2.34. The molecule has 0 radical (unpaired) electrons. The molecule has 2 heteroatoms. The van der Waals surface area contributed by atoms with E-state index in [9.17, 15) is 5.11 Å². The Hall–Kier alpha value is -0.0800. The summed E-state index contributed by atoms with van der Waals surface area (Å²) in [7, 11) is 0.